The minimum Gasteiger partial charge on any atom is -0.480 e. The van der Waals surface area contributed by atoms with E-state index in [2.05, 4.69) is 0 Å². The highest BCUT2D eigenvalue weighted by Gasteiger charge is 2.51. The Morgan fingerprint density at radius 3 is 2.00 bits per heavy atom. The predicted molar refractivity (Wildman–Crippen MR) is 69.2 cm³/mol. The van der Waals surface area contributed by atoms with Gasteiger partial charge in [-0.05, 0) is 55.8 Å². The zero-order valence-corrected chi connectivity index (χ0v) is 11.1. The van der Waals surface area contributed by atoms with Crippen LogP contribution < -0.4 is 5.73 Å². The quantitative estimate of drug-likeness (QED) is 0.784. The van der Waals surface area contributed by atoms with Crippen LogP contribution in [0.2, 0.25) is 0 Å². The van der Waals surface area contributed by atoms with Gasteiger partial charge < -0.3 is 15.7 Å². The number of hydrogen-bond donors (Lipinski definition) is 2. The third-order valence-corrected chi connectivity index (χ3v) is 5.34. The Morgan fingerprint density at radius 2 is 1.58 bits per heavy atom. The first-order chi connectivity index (χ1) is 9.08. The Kier molecular flexibility index (Phi) is 3.25. The maximum absolute atomic E-state index is 12.0. The largest absolute Gasteiger partial charge is 0.480 e. The fourth-order valence-electron chi connectivity index (χ4n) is 5.03. The van der Waals surface area contributed by atoms with Gasteiger partial charge in [-0.1, -0.05) is 0 Å². The van der Waals surface area contributed by atoms with Crippen LogP contribution in [0.3, 0.4) is 0 Å². The molecule has 4 saturated carbocycles. The molecule has 0 aromatic heterocycles. The van der Waals surface area contributed by atoms with Crippen LogP contribution in [0.15, 0.2) is 0 Å². The lowest BCUT2D eigenvalue weighted by atomic mass is 9.54. The summed E-state index contributed by atoms with van der Waals surface area (Å²) in [5.41, 5.74) is 5.46. The van der Waals surface area contributed by atoms with E-state index in [1.165, 1.54) is 32.1 Å². The minimum absolute atomic E-state index is 0.0872. The van der Waals surface area contributed by atoms with Crippen LogP contribution in [-0.2, 0) is 9.59 Å². The van der Waals surface area contributed by atoms with Crippen molar-refractivity contribution in [2.45, 2.75) is 38.1 Å². The molecule has 4 aliphatic carbocycles. The lowest BCUT2D eigenvalue weighted by molar-refractivity contribution is -0.153. The van der Waals surface area contributed by atoms with Gasteiger partial charge >= 0.3 is 5.97 Å². The molecule has 0 radical (unpaired) electrons. The fraction of sp³-hybridized carbons (Fsp3) is 0.857. The SMILES string of the molecule is NCC(=O)N(CC(=O)O)C1C2CC3CC(C2)CC1C3. The summed E-state index contributed by atoms with van der Waals surface area (Å²) in [6.07, 6.45) is 6.04. The van der Waals surface area contributed by atoms with Crippen LogP contribution in [-0.4, -0.2) is 41.0 Å². The molecule has 0 aromatic carbocycles. The fourth-order valence-corrected chi connectivity index (χ4v) is 5.03. The third kappa shape index (κ3) is 2.24. The second-order valence-corrected chi connectivity index (χ2v) is 6.54. The Morgan fingerprint density at radius 1 is 1.05 bits per heavy atom. The molecule has 0 aromatic rings. The van der Waals surface area contributed by atoms with Crippen molar-refractivity contribution in [3.8, 4) is 0 Å². The van der Waals surface area contributed by atoms with E-state index in [4.69, 9.17) is 10.8 Å². The van der Waals surface area contributed by atoms with Crippen molar-refractivity contribution < 1.29 is 14.7 Å². The summed E-state index contributed by atoms with van der Waals surface area (Å²) in [6.45, 7) is -0.279. The molecule has 1 amide bonds. The van der Waals surface area contributed by atoms with Gasteiger partial charge in [0.15, 0.2) is 0 Å². The van der Waals surface area contributed by atoms with Crippen molar-refractivity contribution in [3.05, 3.63) is 0 Å². The second kappa shape index (κ2) is 4.78. The van der Waals surface area contributed by atoms with Crippen molar-refractivity contribution in [1.82, 2.24) is 4.90 Å². The number of hydrogen-bond acceptors (Lipinski definition) is 3. The third-order valence-electron chi connectivity index (χ3n) is 5.34. The Balaban J connectivity index is 1.81. The molecular formula is C14H22N2O3. The van der Waals surface area contributed by atoms with Gasteiger partial charge in [0.05, 0.1) is 6.54 Å². The maximum Gasteiger partial charge on any atom is 0.323 e. The van der Waals surface area contributed by atoms with E-state index in [1.54, 1.807) is 4.90 Å². The number of amides is 1. The van der Waals surface area contributed by atoms with Gasteiger partial charge in [-0.3, -0.25) is 9.59 Å². The van der Waals surface area contributed by atoms with Crippen LogP contribution in [0.4, 0.5) is 0 Å². The second-order valence-electron chi connectivity index (χ2n) is 6.54. The standard InChI is InChI=1S/C14H22N2O3/c15-6-12(17)16(7-13(18)19)14-10-2-8-1-9(4-10)5-11(14)3-8/h8-11,14H,1-7,15H2,(H,18,19). The molecular weight excluding hydrogens is 244 g/mol. The van der Waals surface area contributed by atoms with Gasteiger partial charge in [0.1, 0.15) is 6.54 Å². The first-order valence-electron chi connectivity index (χ1n) is 7.29. The molecule has 5 nitrogen and oxygen atoms in total. The van der Waals surface area contributed by atoms with Crippen LogP contribution in [0, 0.1) is 23.7 Å². The van der Waals surface area contributed by atoms with E-state index < -0.39 is 5.97 Å². The summed E-state index contributed by atoms with van der Waals surface area (Å²) in [4.78, 5) is 24.6. The summed E-state index contributed by atoms with van der Waals surface area (Å²) in [5, 5.41) is 9.05. The number of carboxylic acids is 1. The van der Waals surface area contributed by atoms with Gasteiger partial charge in [-0.2, -0.15) is 0 Å². The zero-order valence-electron chi connectivity index (χ0n) is 11.1. The molecule has 5 heteroatoms. The van der Waals surface area contributed by atoms with E-state index in [1.807, 2.05) is 0 Å². The number of carboxylic acid groups (broad SMARTS) is 1. The Labute approximate surface area is 113 Å². The van der Waals surface area contributed by atoms with Crippen LogP contribution in [0.5, 0.6) is 0 Å². The van der Waals surface area contributed by atoms with E-state index in [0.717, 1.165) is 11.8 Å². The molecule has 0 unspecified atom stereocenters. The van der Waals surface area contributed by atoms with Crippen LogP contribution in [0.1, 0.15) is 32.1 Å². The van der Waals surface area contributed by atoms with Crippen LogP contribution in [0.25, 0.3) is 0 Å². The van der Waals surface area contributed by atoms with Gasteiger partial charge in [0.25, 0.3) is 0 Å². The summed E-state index contributed by atoms with van der Waals surface area (Å²) >= 11 is 0. The average molecular weight is 266 g/mol. The van der Waals surface area contributed by atoms with E-state index >= 15 is 0 Å². The van der Waals surface area contributed by atoms with Crippen molar-refractivity contribution in [3.63, 3.8) is 0 Å². The van der Waals surface area contributed by atoms with Gasteiger partial charge in [-0.25, -0.2) is 0 Å². The van der Waals surface area contributed by atoms with Crippen molar-refractivity contribution >= 4 is 11.9 Å². The van der Waals surface area contributed by atoms with E-state index in [9.17, 15) is 9.59 Å². The molecule has 0 saturated heterocycles. The zero-order chi connectivity index (χ0) is 13.6. The number of nitrogens with zero attached hydrogens (tertiary/aromatic N) is 1. The topological polar surface area (TPSA) is 83.6 Å². The lowest BCUT2D eigenvalue weighted by Crippen LogP contribution is -2.59. The molecule has 4 aliphatic rings. The normalized spacial score (nSPS) is 39.3. The van der Waals surface area contributed by atoms with Gasteiger partial charge in [0, 0.05) is 6.04 Å². The van der Waals surface area contributed by atoms with Crippen molar-refractivity contribution in [2.75, 3.05) is 13.1 Å². The Hall–Kier alpha value is -1.10. The van der Waals surface area contributed by atoms with Crippen molar-refractivity contribution in [2.24, 2.45) is 29.4 Å². The minimum atomic E-state index is -0.935. The first-order valence-corrected chi connectivity index (χ1v) is 7.29. The number of aliphatic carboxylic acids is 1. The summed E-state index contributed by atoms with van der Waals surface area (Å²) in [6, 6.07) is 0.125. The first kappa shape index (κ1) is 12.9. The smallest absolute Gasteiger partial charge is 0.323 e. The highest BCUT2D eigenvalue weighted by atomic mass is 16.4. The summed E-state index contributed by atoms with van der Waals surface area (Å²) < 4.78 is 0. The molecule has 0 heterocycles. The highest BCUT2D eigenvalue weighted by molar-refractivity contribution is 5.83. The maximum atomic E-state index is 12.0. The lowest BCUT2D eigenvalue weighted by Gasteiger charge is -2.56. The predicted octanol–water partition coefficient (Wildman–Crippen LogP) is 0.683. The Bertz CT molecular complexity index is 368. The number of nitrogens with two attached hydrogens (primary N) is 1. The number of carbonyl (C=O) groups excluding carboxylic acids is 1. The van der Waals surface area contributed by atoms with Gasteiger partial charge in [-0.15, -0.1) is 0 Å². The van der Waals surface area contributed by atoms with Crippen LogP contribution >= 0.6 is 0 Å². The molecule has 106 valence electrons. The average Bonchev–Trinajstić information content (AvgIpc) is 2.34. The highest BCUT2D eigenvalue weighted by Crippen LogP contribution is 2.55. The summed E-state index contributed by atoms with van der Waals surface area (Å²) in [7, 11) is 0. The van der Waals surface area contributed by atoms with E-state index in [-0.39, 0.29) is 25.0 Å². The number of carbonyl (C=O) groups is 2. The number of rotatable bonds is 4. The molecule has 4 bridgehead atoms. The summed E-state index contributed by atoms with van der Waals surface area (Å²) in [5.74, 6) is 1.50. The van der Waals surface area contributed by atoms with Gasteiger partial charge in [0.2, 0.25) is 5.91 Å². The van der Waals surface area contributed by atoms with E-state index in [0.29, 0.717) is 11.8 Å². The molecule has 4 fully saturated rings. The molecule has 0 aliphatic heterocycles. The van der Waals surface area contributed by atoms with Crippen molar-refractivity contribution in [1.29, 1.82) is 0 Å². The monoisotopic (exact) mass is 266 g/mol. The molecule has 19 heavy (non-hydrogen) atoms. The molecule has 4 rings (SSSR count). The molecule has 0 spiro atoms. The molecule has 0 atom stereocenters. The molecule has 3 N–H and O–H groups in total.